The van der Waals surface area contributed by atoms with Crippen molar-refractivity contribution in [1.29, 1.82) is 0 Å². The van der Waals surface area contributed by atoms with Crippen LogP contribution in [0.4, 0.5) is 11.8 Å². The van der Waals surface area contributed by atoms with Crippen LogP contribution in [0, 0.1) is 0 Å². The zero-order chi connectivity index (χ0) is 12.1. The summed E-state index contributed by atoms with van der Waals surface area (Å²) in [7, 11) is 0. The van der Waals surface area contributed by atoms with Gasteiger partial charge in [-0.05, 0) is 22.9 Å². The molecule has 7 heteroatoms. The number of rotatable bonds is 5. The molecule has 0 aliphatic carbocycles. The van der Waals surface area contributed by atoms with Gasteiger partial charge in [-0.15, -0.1) is 0 Å². The molecule has 2 aromatic rings. The highest BCUT2D eigenvalue weighted by Crippen LogP contribution is 2.20. The van der Waals surface area contributed by atoms with Crippen molar-refractivity contribution in [2.75, 3.05) is 17.2 Å². The molecule has 17 heavy (non-hydrogen) atoms. The third kappa shape index (κ3) is 3.16. The number of anilines is 2. The summed E-state index contributed by atoms with van der Waals surface area (Å²) >= 11 is 3.39. The van der Waals surface area contributed by atoms with Crippen LogP contribution in [0.1, 0.15) is 12.6 Å². The lowest BCUT2D eigenvalue weighted by molar-refractivity contribution is 0.412. The molecule has 0 aromatic carbocycles. The van der Waals surface area contributed by atoms with Gasteiger partial charge in [0.15, 0.2) is 0 Å². The molecule has 2 heterocycles. The van der Waals surface area contributed by atoms with Gasteiger partial charge in [0.2, 0.25) is 5.95 Å². The lowest BCUT2D eigenvalue weighted by atomic mass is 10.4. The third-order valence-electron chi connectivity index (χ3n) is 2.01. The van der Waals surface area contributed by atoms with E-state index in [1.165, 1.54) is 6.26 Å². The average Bonchev–Trinajstić information content (AvgIpc) is 2.83. The topological polar surface area (TPSA) is 75.9 Å². The maximum absolute atomic E-state index is 4.75. The molecular weight excluding hydrogens is 286 g/mol. The first-order valence-electron chi connectivity index (χ1n) is 5.19. The van der Waals surface area contributed by atoms with Crippen LogP contribution in [0.2, 0.25) is 0 Å². The largest absolute Gasteiger partial charge is 0.364 e. The predicted octanol–water partition coefficient (Wildman–Crippen LogP) is 2.27. The zero-order valence-electron chi connectivity index (χ0n) is 9.27. The Kier molecular flexibility index (Phi) is 3.92. The van der Waals surface area contributed by atoms with E-state index in [-0.39, 0.29) is 0 Å². The predicted molar refractivity (Wildman–Crippen MR) is 67.7 cm³/mol. The van der Waals surface area contributed by atoms with Gasteiger partial charge in [0, 0.05) is 18.8 Å². The van der Waals surface area contributed by atoms with Crippen LogP contribution in [0.3, 0.4) is 0 Å². The van der Waals surface area contributed by atoms with Gasteiger partial charge in [-0.2, -0.15) is 4.98 Å². The Balaban J connectivity index is 2.06. The number of nitrogens with one attached hydrogen (secondary N) is 2. The summed E-state index contributed by atoms with van der Waals surface area (Å²) in [5.41, 5.74) is 0.820. The Hall–Kier alpha value is -1.63. The van der Waals surface area contributed by atoms with Gasteiger partial charge in [-0.1, -0.05) is 5.16 Å². The van der Waals surface area contributed by atoms with Crippen LogP contribution in [-0.4, -0.2) is 21.7 Å². The Labute approximate surface area is 107 Å². The van der Waals surface area contributed by atoms with E-state index in [4.69, 9.17) is 4.52 Å². The Morgan fingerprint density at radius 1 is 1.41 bits per heavy atom. The van der Waals surface area contributed by atoms with Crippen LogP contribution in [-0.2, 0) is 6.54 Å². The molecule has 2 rings (SSSR count). The van der Waals surface area contributed by atoms with Crippen LogP contribution in [0.25, 0.3) is 0 Å². The lowest BCUT2D eigenvalue weighted by Gasteiger charge is -2.07. The van der Waals surface area contributed by atoms with Gasteiger partial charge in [0.05, 0.1) is 11.0 Å². The Morgan fingerprint density at radius 3 is 3.00 bits per heavy atom. The van der Waals surface area contributed by atoms with Crippen LogP contribution >= 0.6 is 15.9 Å². The fourth-order valence-corrected chi connectivity index (χ4v) is 1.57. The van der Waals surface area contributed by atoms with Crippen molar-refractivity contribution in [3.8, 4) is 0 Å². The highest BCUT2D eigenvalue weighted by molar-refractivity contribution is 9.10. The molecular formula is C10H12BrN5O. The Morgan fingerprint density at radius 2 is 2.29 bits per heavy atom. The van der Waals surface area contributed by atoms with Crippen molar-refractivity contribution < 1.29 is 4.52 Å². The first kappa shape index (κ1) is 11.8. The van der Waals surface area contributed by atoms with E-state index >= 15 is 0 Å². The van der Waals surface area contributed by atoms with Crippen molar-refractivity contribution >= 4 is 27.7 Å². The van der Waals surface area contributed by atoms with Crippen LogP contribution < -0.4 is 10.6 Å². The molecule has 0 unspecified atom stereocenters. The number of hydrogen-bond acceptors (Lipinski definition) is 6. The molecule has 6 nitrogen and oxygen atoms in total. The highest BCUT2D eigenvalue weighted by atomic mass is 79.9. The third-order valence-corrected chi connectivity index (χ3v) is 2.59. The molecule has 90 valence electrons. The van der Waals surface area contributed by atoms with Crippen LogP contribution in [0.5, 0.6) is 0 Å². The van der Waals surface area contributed by atoms with E-state index < -0.39 is 0 Å². The summed E-state index contributed by atoms with van der Waals surface area (Å²) < 4.78 is 5.56. The molecule has 0 aliphatic heterocycles. The molecule has 0 spiro atoms. The summed E-state index contributed by atoms with van der Waals surface area (Å²) in [6.07, 6.45) is 3.24. The average molecular weight is 298 g/mol. The summed E-state index contributed by atoms with van der Waals surface area (Å²) in [6.45, 7) is 3.33. The van der Waals surface area contributed by atoms with Crippen molar-refractivity contribution in [3.05, 3.63) is 28.7 Å². The fourth-order valence-electron chi connectivity index (χ4n) is 1.24. The summed E-state index contributed by atoms with van der Waals surface area (Å²) in [4.78, 5) is 8.45. The molecule has 2 N–H and O–H groups in total. The Bertz CT molecular complexity index is 474. The standard InChI is InChI=1S/C10H12BrN5O/c1-2-12-10-14-6-8(11)9(15-10)13-5-7-3-4-17-16-7/h3-4,6H,2,5H2,1H3,(H2,12,13,14,15). The fraction of sp³-hybridized carbons (Fsp3) is 0.300. The molecule has 0 saturated carbocycles. The zero-order valence-corrected chi connectivity index (χ0v) is 10.9. The SMILES string of the molecule is CCNc1ncc(Br)c(NCc2ccon2)n1. The van der Waals surface area contributed by atoms with Crippen LogP contribution in [0.15, 0.2) is 27.5 Å². The molecule has 0 bridgehead atoms. The number of halogens is 1. The second-order valence-corrected chi connectivity index (χ2v) is 4.12. The van der Waals surface area contributed by atoms with Crippen molar-refractivity contribution in [1.82, 2.24) is 15.1 Å². The molecule has 0 saturated heterocycles. The van der Waals surface area contributed by atoms with Gasteiger partial charge in [-0.25, -0.2) is 4.98 Å². The lowest BCUT2D eigenvalue weighted by Crippen LogP contribution is -2.07. The van der Waals surface area contributed by atoms with Gasteiger partial charge in [0.1, 0.15) is 17.8 Å². The monoisotopic (exact) mass is 297 g/mol. The maximum Gasteiger partial charge on any atom is 0.224 e. The van der Waals surface area contributed by atoms with Crippen molar-refractivity contribution in [2.24, 2.45) is 0 Å². The molecule has 0 atom stereocenters. The van der Waals surface area contributed by atoms with E-state index in [1.807, 2.05) is 6.92 Å². The quantitative estimate of drug-likeness (QED) is 0.882. The minimum Gasteiger partial charge on any atom is -0.364 e. The smallest absolute Gasteiger partial charge is 0.224 e. The maximum atomic E-state index is 4.75. The van der Waals surface area contributed by atoms with E-state index in [0.29, 0.717) is 12.5 Å². The molecule has 0 aliphatic rings. The normalized spacial score (nSPS) is 10.2. The first-order chi connectivity index (χ1) is 8.29. The summed E-state index contributed by atoms with van der Waals surface area (Å²) in [6, 6.07) is 1.80. The van der Waals surface area contributed by atoms with E-state index in [0.717, 1.165) is 22.5 Å². The minimum absolute atomic E-state index is 0.553. The number of hydrogen-bond donors (Lipinski definition) is 2. The van der Waals surface area contributed by atoms with Gasteiger partial charge in [-0.3, -0.25) is 0 Å². The molecule has 0 amide bonds. The molecule has 0 fully saturated rings. The van der Waals surface area contributed by atoms with Gasteiger partial charge in [0.25, 0.3) is 0 Å². The van der Waals surface area contributed by atoms with Crippen molar-refractivity contribution in [3.63, 3.8) is 0 Å². The second kappa shape index (κ2) is 5.62. The second-order valence-electron chi connectivity index (χ2n) is 3.26. The summed E-state index contributed by atoms with van der Waals surface area (Å²) in [5.74, 6) is 1.32. The minimum atomic E-state index is 0.553. The highest BCUT2D eigenvalue weighted by Gasteiger charge is 2.05. The number of aromatic nitrogens is 3. The molecule has 2 aromatic heterocycles. The van der Waals surface area contributed by atoms with E-state index in [9.17, 15) is 0 Å². The van der Waals surface area contributed by atoms with E-state index in [1.54, 1.807) is 12.3 Å². The molecule has 0 radical (unpaired) electrons. The van der Waals surface area contributed by atoms with Gasteiger partial charge >= 0.3 is 0 Å². The summed E-state index contributed by atoms with van der Waals surface area (Å²) in [5, 5.41) is 10.0. The number of nitrogens with zero attached hydrogens (tertiary/aromatic N) is 3. The van der Waals surface area contributed by atoms with Gasteiger partial charge < -0.3 is 15.2 Å². The first-order valence-corrected chi connectivity index (χ1v) is 5.98. The van der Waals surface area contributed by atoms with Crippen molar-refractivity contribution in [2.45, 2.75) is 13.5 Å². The van der Waals surface area contributed by atoms with E-state index in [2.05, 4.69) is 41.7 Å².